The minimum atomic E-state index is -1.17. The van der Waals surface area contributed by atoms with Crippen LogP contribution in [0, 0.1) is 0 Å². The summed E-state index contributed by atoms with van der Waals surface area (Å²) in [6.07, 6.45) is -1.17. The van der Waals surface area contributed by atoms with Crippen LogP contribution in [-0.2, 0) is 4.79 Å². The van der Waals surface area contributed by atoms with E-state index in [0.717, 1.165) is 0 Å². The SMILES string of the molecule is COc1ccc(-c2n[nH]nc2-c2cc(OC)c(OC)c(OC)c2)cc1NC(=O)C(C)O. The summed E-state index contributed by atoms with van der Waals surface area (Å²) in [5.74, 6) is 1.30. The average molecular weight is 428 g/mol. The number of anilines is 1. The van der Waals surface area contributed by atoms with Gasteiger partial charge in [-0.15, -0.1) is 0 Å². The zero-order chi connectivity index (χ0) is 22.5. The van der Waals surface area contributed by atoms with E-state index in [1.165, 1.54) is 35.4 Å². The topological polar surface area (TPSA) is 128 Å². The lowest BCUT2D eigenvalue weighted by Gasteiger charge is -2.14. The fourth-order valence-electron chi connectivity index (χ4n) is 3.04. The predicted octanol–water partition coefficient (Wildman–Crippen LogP) is 2.49. The molecule has 1 atom stereocenters. The zero-order valence-electron chi connectivity index (χ0n) is 17.8. The number of aliphatic hydroxyl groups excluding tert-OH is 1. The smallest absolute Gasteiger partial charge is 0.253 e. The number of aromatic amines is 1. The molecule has 0 bridgehead atoms. The third-order valence-electron chi connectivity index (χ3n) is 4.60. The van der Waals surface area contributed by atoms with Crippen molar-refractivity contribution in [1.82, 2.24) is 15.4 Å². The third-order valence-corrected chi connectivity index (χ3v) is 4.60. The van der Waals surface area contributed by atoms with Crippen LogP contribution in [0.25, 0.3) is 22.5 Å². The van der Waals surface area contributed by atoms with Gasteiger partial charge in [-0.1, -0.05) is 0 Å². The van der Waals surface area contributed by atoms with Gasteiger partial charge in [0, 0.05) is 11.1 Å². The summed E-state index contributed by atoms with van der Waals surface area (Å²) in [5.41, 5.74) is 2.81. The lowest BCUT2D eigenvalue weighted by molar-refractivity contribution is -0.123. The summed E-state index contributed by atoms with van der Waals surface area (Å²) in [5, 5.41) is 23.4. The number of hydrogen-bond donors (Lipinski definition) is 3. The number of nitrogens with one attached hydrogen (secondary N) is 2. The summed E-state index contributed by atoms with van der Waals surface area (Å²) < 4.78 is 21.5. The molecular formula is C21H24N4O6. The van der Waals surface area contributed by atoms with Crippen LogP contribution < -0.4 is 24.3 Å². The van der Waals surface area contributed by atoms with Crippen molar-refractivity contribution >= 4 is 11.6 Å². The van der Waals surface area contributed by atoms with Gasteiger partial charge in [0.2, 0.25) is 5.75 Å². The van der Waals surface area contributed by atoms with E-state index in [9.17, 15) is 9.90 Å². The molecule has 1 heterocycles. The summed E-state index contributed by atoms with van der Waals surface area (Å²) in [7, 11) is 6.09. The van der Waals surface area contributed by atoms with Crippen molar-refractivity contribution < 1.29 is 28.8 Å². The third kappa shape index (κ3) is 4.38. The molecule has 1 aromatic heterocycles. The maximum atomic E-state index is 12.0. The lowest BCUT2D eigenvalue weighted by atomic mass is 10.0. The number of amides is 1. The molecule has 2 aromatic carbocycles. The van der Waals surface area contributed by atoms with Gasteiger partial charge in [0.1, 0.15) is 23.2 Å². The van der Waals surface area contributed by atoms with Crippen LogP contribution in [0.15, 0.2) is 30.3 Å². The van der Waals surface area contributed by atoms with Crippen molar-refractivity contribution in [3.63, 3.8) is 0 Å². The number of hydrogen-bond acceptors (Lipinski definition) is 8. The highest BCUT2D eigenvalue weighted by atomic mass is 16.5. The Balaban J connectivity index is 2.09. The Bertz CT molecular complexity index is 1050. The molecule has 10 heteroatoms. The molecule has 0 aliphatic carbocycles. The molecule has 0 aliphatic heterocycles. The number of rotatable bonds is 8. The van der Waals surface area contributed by atoms with Crippen LogP contribution in [0.2, 0.25) is 0 Å². The number of carbonyl (C=O) groups is 1. The summed E-state index contributed by atoms with van der Waals surface area (Å²) in [6, 6.07) is 8.71. The number of ether oxygens (including phenoxy) is 4. The Kier molecular flexibility index (Phi) is 6.61. The highest BCUT2D eigenvalue weighted by Gasteiger charge is 2.20. The fourth-order valence-corrected chi connectivity index (χ4v) is 3.04. The van der Waals surface area contributed by atoms with Gasteiger partial charge in [-0.25, -0.2) is 0 Å². The largest absolute Gasteiger partial charge is 0.495 e. The molecule has 3 N–H and O–H groups in total. The number of aliphatic hydroxyl groups is 1. The Morgan fingerprint density at radius 3 is 2.00 bits per heavy atom. The van der Waals surface area contributed by atoms with Crippen molar-refractivity contribution in [2.24, 2.45) is 0 Å². The fraction of sp³-hybridized carbons (Fsp3) is 0.286. The van der Waals surface area contributed by atoms with Gasteiger partial charge < -0.3 is 29.4 Å². The van der Waals surface area contributed by atoms with Crippen LogP contribution >= 0.6 is 0 Å². The lowest BCUT2D eigenvalue weighted by Crippen LogP contribution is -2.24. The zero-order valence-corrected chi connectivity index (χ0v) is 17.8. The van der Waals surface area contributed by atoms with Crippen molar-refractivity contribution in [2.45, 2.75) is 13.0 Å². The Labute approximate surface area is 179 Å². The number of nitrogens with zero attached hydrogens (tertiary/aromatic N) is 2. The maximum Gasteiger partial charge on any atom is 0.253 e. The Hall–Kier alpha value is -3.79. The van der Waals surface area contributed by atoms with E-state index in [-0.39, 0.29) is 0 Å². The molecule has 1 amide bonds. The van der Waals surface area contributed by atoms with E-state index in [2.05, 4.69) is 20.7 Å². The molecular weight excluding hydrogens is 404 g/mol. The number of methoxy groups -OCH3 is 4. The predicted molar refractivity (Wildman–Crippen MR) is 114 cm³/mol. The highest BCUT2D eigenvalue weighted by molar-refractivity contribution is 5.96. The standard InChI is InChI=1S/C21H24N4O6/c1-11(26)21(27)22-14-8-12(6-7-15(14)28-2)18-19(24-25-23-18)13-9-16(29-3)20(31-5)17(10-13)30-4/h6-11,26H,1-5H3,(H,22,27)(H,23,24,25). The number of aromatic nitrogens is 3. The Morgan fingerprint density at radius 1 is 0.903 bits per heavy atom. The van der Waals surface area contributed by atoms with Gasteiger partial charge >= 0.3 is 0 Å². The number of H-pyrrole nitrogens is 1. The van der Waals surface area contributed by atoms with E-state index in [4.69, 9.17) is 18.9 Å². The van der Waals surface area contributed by atoms with Crippen LogP contribution in [-0.4, -0.2) is 61.0 Å². The monoisotopic (exact) mass is 428 g/mol. The first kappa shape index (κ1) is 21.9. The van der Waals surface area contributed by atoms with Gasteiger partial charge in [-0.2, -0.15) is 15.4 Å². The molecule has 1 unspecified atom stereocenters. The van der Waals surface area contributed by atoms with E-state index in [1.807, 2.05) is 0 Å². The molecule has 0 saturated heterocycles. The average Bonchev–Trinajstić information content (AvgIpc) is 3.27. The molecule has 0 saturated carbocycles. The van der Waals surface area contributed by atoms with E-state index in [1.54, 1.807) is 30.3 Å². The highest BCUT2D eigenvalue weighted by Crippen LogP contribution is 2.42. The van der Waals surface area contributed by atoms with Gasteiger partial charge in [-0.05, 0) is 37.3 Å². The summed E-state index contributed by atoms with van der Waals surface area (Å²) >= 11 is 0. The normalized spacial score (nSPS) is 11.5. The van der Waals surface area contributed by atoms with Gasteiger partial charge in [0.05, 0.1) is 34.1 Å². The van der Waals surface area contributed by atoms with Crippen LogP contribution in [0.4, 0.5) is 5.69 Å². The second kappa shape index (κ2) is 9.35. The molecule has 31 heavy (non-hydrogen) atoms. The van der Waals surface area contributed by atoms with Crippen LogP contribution in [0.3, 0.4) is 0 Å². The Morgan fingerprint density at radius 2 is 1.48 bits per heavy atom. The molecule has 0 fully saturated rings. The summed E-state index contributed by atoms with van der Waals surface area (Å²) in [4.78, 5) is 12.0. The maximum absolute atomic E-state index is 12.0. The molecule has 164 valence electrons. The molecule has 0 radical (unpaired) electrons. The minimum Gasteiger partial charge on any atom is -0.495 e. The van der Waals surface area contributed by atoms with Gasteiger partial charge in [-0.3, -0.25) is 4.79 Å². The van der Waals surface area contributed by atoms with Gasteiger partial charge in [0.15, 0.2) is 11.5 Å². The quantitative estimate of drug-likeness (QED) is 0.499. The van der Waals surface area contributed by atoms with Crippen molar-refractivity contribution in [2.75, 3.05) is 33.8 Å². The molecule has 3 aromatic rings. The summed E-state index contributed by atoms with van der Waals surface area (Å²) in [6.45, 7) is 1.38. The number of benzene rings is 2. The second-order valence-electron chi connectivity index (χ2n) is 6.52. The first-order valence-electron chi connectivity index (χ1n) is 9.31. The minimum absolute atomic E-state index is 0.393. The van der Waals surface area contributed by atoms with Crippen LogP contribution in [0.1, 0.15) is 6.92 Å². The number of carbonyl (C=O) groups excluding carboxylic acids is 1. The second-order valence-corrected chi connectivity index (χ2v) is 6.52. The van der Waals surface area contributed by atoms with Crippen molar-refractivity contribution in [3.8, 4) is 45.5 Å². The molecule has 0 aliphatic rings. The van der Waals surface area contributed by atoms with E-state index >= 15 is 0 Å². The van der Waals surface area contributed by atoms with E-state index in [0.29, 0.717) is 51.2 Å². The van der Waals surface area contributed by atoms with Crippen molar-refractivity contribution in [1.29, 1.82) is 0 Å². The molecule has 3 rings (SSSR count). The van der Waals surface area contributed by atoms with Gasteiger partial charge in [0.25, 0.3) is 5.91 Å². The van der Waals surface area contributed by atoms with E-state index < -0.39 is 12.0 Å². The first-order chi connectivity index (χ1) is 14.9. The molecule has 10 nitrogen and oxygen atoms in total. The molecule has 0 spiro atoms. The van der Waals surface area contributed by atoms with Crippen LogP contribution in [0.5, 0.6) is 23.0 Å². The van der Waals surface area contributed by atoms with Crippen molar-refractivity contribution in [3.05, 3.63) is 30.3 Å². The first-order valence-corrected chi connectivity index (χ1v) is 9.31.